The average Bonchev–Trinajstić information content (AvgIpc) is 3.02. The molecule has 0 aromatic rings. The molecule has 0 saturated heterocycles. The minimum absolute atomic E-state index is 0.154. The van der Waals surface area contributed by atoms with E-state index in [0.717, 1.165) is 24.0 Å². The van der Waals surface area contributed by atoms with E-state index in [1.807, 2.05) is 0 Å². The van der Waals surface area contributed by atoms with E-state index in [1.165, 1.54) is 45.6 Å². The van der Waals surface area contributed by atoms with Crippen LogP contribution in [0.3, 0.4) is 0 Å². The Morgan fingerprint density at radius 2 is 1.93 bits per heavy atom. The van der Waals surface area contributed by atoms with Gasteiger partial charge in [0.25, 0.3) is 0 Å². The van der Waals surface area contributed by atoms with Gasteiger partial charge in [-0.05, 0) is 37.0 Å². The van der Waals surface area contributed by atoms with Crippen molar-refractivity contribution in [3.8, 4) is 0 Å². The molecule has 0 fully saturated rings. The second-order valence-electron chi connectivity index (χ2n) is 6.94. The molecule has 0 saturated carbocycles. The van der Waals surface area contributed by atoms with E-state index in [-0.39, 0.29) is 12.2 Å². The number of carbonyl (C=O) groups excluding carboxylic acids is 2. The molecule has 1 unspecified atom stereocenters. The molecule has 0 aromatic carbocycles. The third-order valence-electron chi connectivity index (χ3n) is 4.75. The molecule has 0 amide bonds. The second-order valence-corrected chi connectivity index (χ2v) is 6.94. The van der Waals surface area contributed by atoms with Crippen LogP contribution in [0.25, 0.3) is 0 Å². The Bertz CT molecular complexity index is 591. The molecule has 1 atom stereocenters. The predicted octanol–water partition coefficient (Wildman–Crippen LogP) is 4.98. The van der Waals surface area contributed by atoms with E-state index in [2.05, 4.69) is 29.5 Å². The van der Waals surface area contributed by atoms with Crippen LogP contribution in [0.2, 0.25) is 0 Å². The van der Waals surface area contributed by atoms with Crippen molar-refractivity contribution in [2.24, 2.45) is 0 Å². The highest BCUT2D eigenvalue weighted by molar-refractivity contribution is 5.99. The summed E-state index contributed by atoms with van der Waals surface area (Å²) in [6.07, 6.45) is 17.4. The Kier molecular flexibility index (Phi) is 12.2. The predicted molar refractivity (Wildman–Crippen MR) is 108 cm³/mol. The summed E-state index contributed by atoms with van der Waals surface area (Å²) in [4.78, 5) is 23.2. The van der Waals surface area contributed by atoms with Crippen LogP contribution in [0, 0.1) is 0 Å². The minimum atomic E-state index is -1.16. The van der Waals surface area contributed by atoms with E-state index in [1.54, 1.807) is 12.2 Å². The molecule has 0 aliphatic heterocycles. The van der Waals surface area contributed by atoms with Gasteiger partial charge in [-0.2, -0.15) is 0 Å². The van der Waals surface area contributed by atoms with E-state index in [0.29, 0.717) is 12.8 Å². The highest BCUT2D eigenvalue weighted by Gasteiger charge is 2.19. The first-order chi connectivity index (χ1) is 13.1. The van der Waals surface area contributed by atoms with Crippen LogP contribution in [0.15, 0.2) is 41.2 Å². The summed E-state index contributed by atoms with van der Waals surface area (Å²) in [6, 6.07) is 0. The van der Waals surface area contributed by atoms with Crippen molar-refractivity contribution >= 4 is 11.8 Å². The second kappa shape index (κ2) is 14.2. The summed E-state index contributed by atoms with van der Waals surface area (Å²) in [5.41, 5.74) is 4.94. The van der Waals surface area contributed by atoms with Crippen molar-refractivity contribution < 1.29 is 19.4 Å². The van der Waals surface area contributed by atoms with Gasteiger partial charge < -0.3 is 9.84 Å². The molecule has 0 bridgehead atoms. The summed E-state index contributed by atoms with van der Waals surface area (Å²) in [6.45, 7) is 2.23. The highest BCUT2D eigenvalue weighted by Crippen LogP contribution is 2.27. The maximum Gasteiger partial charge on any atom is 0.335 e. The van der Waals surface area contributed by atoms with Crippen molar-refractivity contribution in [1.82, 2.24) is 0 Å². The summed E-state index contributed by atoms with van der Waals surface area (Å²) in [5, 5.41) is 9.48. The molecule has 1 aliphatic carbocycles. The molecule has 1 N–H and O–H groups in total. The van der Waals surface area contributed by atoms with Crippen molar-refractivity contribution in [1.29, 1.82) is 0 Å². The monoisotopic (exact) mass is 374 g/mol. The lowest BCUT2D eigenvalue weighted by Crippen LogP contribution is -2.20. The van der Waals surface area contributed by atoms with E-state index < -0.39 is 12.1 Å². The number of esters is 1. The van der Waals surface area contributed by atoms with Gasteiger partial charge in [0.2, 0.25) is 0 Å². The first-order valence-corrected chi connectivity index (χ1v) is 10.2. The number of ketones is 1. The topological polar surface area (TPSA) is 63.6 Å². The molecule has 150 valence electrons. The van der Waals surface area contributed by atoms with Crippen LogP contribution in [-0.2, 0) is 14.3 Å². The lowest BCUT2D eigenvalue weighted by Gasteiger charge is -2.02. The quantitative estimate of drug-likeness (QED) is 0.281. The molecule has 0 spiro atoms. The zero-order chi connectivity index (χ0) is 19.9. The molecule has 27 heavy (non-hydrogen) atoms. The number of hydrogen-bond acceptors (Lipinski definition) is 4. The Hall–Kier alpha value is -1.90. The molecule has 0 heterocycles. The van der Waals surface area contributed by atoms with Gasteiger partial charge in [0, 0.05) is 24.8 Å². The van der Waals surface area contributed by atoms with Crippen molar-refractivity contribution in [3.05, 3.63) is 41.2 Å². The van der Waals surface area contributed by atoms with Crippen molar-refractivity contribution in [2.45, 2.75) is 83.7 Å². The van der Waals surface area contributed by atoms with Gasteiger partial charge in [-0.25, -0.2) is 4.79 Å². The maximum absolute atomic E-state index is 12.1. The third kappa shape index (κ3) is 9.55. The number of ether oxygens (including phenoxy) is 1. The molecular weight excluding hydrogens is 340 g/mol. The van der Waals surface area contributed by atoms with Crippen LogP contribution >= 0.6 is 0 Å². The fourth-order valence-corrected chi connectivity index (χ4v) is 3.08. The van der Waals surface area contributed by atoms with Crippen LogP contribution in [0.4, 0.5) is 0 Å². The summed E-state index contributed by atoms with van der Waals surface area (Å²) in [7, 11) is 1.24. The van der Waals surface area contributed by atoms with Crippen LogP contribution in [0.5, 0.6) is 0 Å². The first-order valence-electron chi connectivity index (χ1n) is 10.2. The molecule has 4 heteroatoms. The molecule has 4 nitrogen and oxygen atoms in total. The van der Waals surface area contributed by atoms with Gasteiger partial charge >= 0.3 is 5.97 Å². The molecule has 1 rings (SSSR count). The summed E-state index contributed by atoms with van der Waals surface area (Å²) >= 11 is 0. The van der Waals surface area contributed by atoms with Gasteiger partial charge in [0.15, 0.2) is 11.9 Å². The van der Waals surface area contributed by atoms with E-state index >= 15 is 0 Å². The lowest BCUT2D eigenvalue weighted by molar-refractivity contribution is -0.150. The minimum Gasteiger partial charge on any atom is -0.467 e. The number of aliphatic hydroxyl groups is 1. The Morgan fingerprint density at radius 3 is 2.67 bits per heavy atom. The average molecular weight is 375 g/mol. The van der Waals surface area contributed by atoms with Crippen LogP contribution in [-0.4, -0.2) is 30.1 Å². The number of rotatable bonds is 13. The van der Waals surface area contributed by atoms with Gasteiger partial charge in [-0.3, -0.25) is 4.79 Å². The summed E-state index contributed by atoms with van der Waals surface area (Å²) in [5.74, 6) is -0.443. The number of methoxy groups -OCH3 is 1. The van der Waals surface area contributed by atoms with E-state index in [9.17, 15) is 14.7 Å². The normalized spacial score (nSPS) is 15.1. The molecule has 0 aromatic heterocycles. The smallest absolute Gasteiger partial charge is 0.335 e. The largest absolute Gasteiger partial charge is 0.467 e. The number of hydrogen-bond donors (Lipinski definition) is 1. The third-order valence-corrected chi connectivity index (χ3v) is 4.75. The van der Waals surface area contributed by atoms with Crippen LogP contribution in [0.1, 0.15) is 77.6 Å². The summed E-state index contributed by atoms with van der Waals surface area (Å²) < 4.78 is 4.45. The molecular formula is C23H34O4. The molecule has 1 aliphatic rings. The Labute approximate surface area is 163 Å². The zero-order valence-electron chi connectivity index (χ0n) is 16.8. The van der Waals surface area contributed by atoms with Gasteiger partial charge in [0.05, 0.1) is 7.11 Å². The fourth-order valence-electron chi connectivity index (χ4n) is 3.08. The number of aliphatic hydroxyl groups excluding tert-OH is 1. The van der Waals surface area contributed by atoms with Gasteiger partial charge in [0.1, 0.15) is 0 Å². The van der Waals surface area contributed by atoms with Crippen LogP contribution < -0.4 is 0 Å². The number of Topliss-reactive ketones (excluding diaryl/α,β-unsaturated/α-hetero) is 1. The SMILES string of the molecule is CCCCCCCC/C=C/C1=C(CC=C=CCC(O)C(=O)OC)C(=O)CC1. The van der Waals surface area contributed by atoms with E-state index in [4.69, 9.17) is 0 Å². The Balaban J connectivity index is 2.43. The van der Waals surface area contributed by atoms with Gasteiger partial charge in [-0.1, -0.05) is 51.2 Å². The zero-order valence-corrected chi connectivity index (χ0v) is 16.8. The fraction of sp³-hybridized carbons (Fsp3) is 0.609. The number of allylic oxidation sites excluding steroid dienone is 4. The number of carbonyl (C=O) groups is 2. The highest BCUT2D eigenvalue weighted by atomic mass is 16.5. The van der Waals surface area contributed by atoms with Gasteiger partial charge in [-0.15, -0.1) is 5.73 Å². The standard InChI is InChI=1S/C23H34O4/c1-3-4-5-6-7-8-9-11-14-19-17-18-21(24)20(19)15-12-10-13-16-22(25)23(26)27-2/h11-14,22,25H,3-9,15-18H2,1-2H3/b14-11+. The number of unbranched alkanes of at least 4 members (excludes halogenated alkanes) is 6. The Morgan fingerprint density at radius 1 is 1.19 bits per heavy atom. The van der Waals surface area contributed by atoms with Crippen molar-refractivity contribution in [3.63, 3.8) is 0 Å². The van der Waals surface area contributed by atoms with Crippen molar-refractivity contribution in [2.75, 3.05) is 7.11 Å². The first kappa shape index (κ1) is 23.1. The maximum atomic E-state index is 12.1. The lowest BCUT2D eigenvalue weighted by atomic mass is 10.1. The molecule has 0 radical (unpaired) electrons.